The molecule has 0 saturated carbocycles. The van der Waals surface area contributed by atoms with Crippen molar-refractivity contribution in [1.82, 2.24) is 20.2 Å². The molecular formula is C21H17N5O6. The molecule has 0 radical (unpaired) electrons. The number of carbonyl (C=O) groups excluding carboxylic acids is 3. The number of hydrogen-bond donors (Lipinski definition) is 3. The second-order valence-electron chi connectivity index (χ2n) is 6.97. The monoisotopic (exact) mass is 435 g/mol. The maximum Gasteiger partial charge on any atom is 0.418 e. The molecule has 4 amide bonds. The summed E-state index contributed by atoms with van der Waals surface area (Å²) in [6.45, 7) is 0.207. The molecule has 3 heterocycles. The third kappa shape index (κ3) is 4.15. The second-order valence-corrected chi connectivity index (χ2v) is 6.97. The van der Waals surface area contributed by atoms with E-state index in [1.165, 1.54) is 24.3 Å². The maximum atomic E-state index is 12.8. The summed E-state index contributed by atoms with van der Waals surface area (Å²) in [6.07, 6.45) is 1.40. The van der Waals surface area contributed by atoms with E-state index in [2.05, 4.69) is 21.8 Å². The summed E-state index contributed by atoms with van der Waals surface area (Å²) in [7, 11) is 1.50. The van der Waals surface area contributed by atoms with E-state index in [4.69, 9.17) is 14.9 Å². The van der Waals surface area contributed by atoms with E-state index in [0.717, 1.165) is 5.56 Å². The van der Waals surface area contributed by atoms with Crippen molar-refractivity contribution in [3.05, 3.63) is 57.7 Å². The normalized spacial score (nSPS) is 13.3. The van der Waals surface area contributed by atoms with Crippen LogP contribution in [0, 0.1) is 17.8 Å². The molecule has 1 unspecified atom stereocenters. The number of H-pyrrole nitrogens is 1. The summed E-state index contributed by atoms with van der Waals surface area (Å²) < 4.78 is 10.1. The molecule has 1 aromatic carbocycles. The zero-order valence-corrected chi connectivity index (χ0v) is 16.8. The van der Waals surface area contributed by atoms with Gasteiger partial charge in [0.1, 0.15) is 11.7 Å². The van der Waals surface area contributed by atoms with Crippen LogP contribution in [0.3, 0.4) is 0 Å². The van der Waals surface area contributed by atoms with Gasteiger partial charge in [0.15, 0.2) is 11.2 Å². The number of rotatable bonds is 4. The number of carbonyl (C=O) groups is 3. The number of hydrogen-bond acceptors (Lipinski definition) is 7. The molecule has 0 spiro atoms. The number of imide groups is 1. The van der Waals surface area contributed by atoms with Gasteiger partial charge in [0.25, 0.3) is 5.91 Å². The Morgan fingerprint density at radius 2 is 2.19 bits per heavy atom. The van der Waals surface area contributed by atoms with Crippen molar-refractivity contribution in [3.63, 3.8) is 0 Å². The number of ether oxygens (including phenoxy) is 1. The summed E-state index contributed by atoms with van der Waals surface area (Å²) >= 11 is 0. The first kappa shape index (κ1) is 20.7. The average molecular weight is 435 g/mol. The van der Waals surface area contributed by atoms with E-state index in [1.807, 2.05) is 5.32 Å². The molecule has 32 heavy (non-hydrogen) atoms. The number of nitrogens with one attached hydrogen (secondary N) is 2. The predicted molar refractivity (Wildman–Crippen MR) is 110 cm³/mol. The van der Waals surface area contributed by atoms with Crippen molar-refractivity contribution in [2.75, 3.05) is 13.7 Å². The fourth-order valence-corrected chi connectivity index (χ4v) is 3.31. The van der Waals surface area contributed by atoms with Crippen LogP contribution in [0.2, 0.25) is 0 Å². The van der Waals surface area contributed by atoms with Crippen molar-refractivity contribution >= 4 is 29.1 Å². The van der Waals surface area contributed by atoms with Crippen LogP contribution < -0.4 is 21.5 Å². The summed E-state index contributed by atoms with van der Waals surface area (Å²) in [5, 5.41) is 2.00. The molecule has 4 rings (SSSR count). The molecule has 0 bridgehead atoms. The number of pyridine rings is 1. The lowest BCUT2D eigenvalue weighted by Crippen LogP contribution is -2.43. The number of amides is 4. The van der Waals surface area contributed by atoms with Crippen LogP contribution in [0.1, 0.15) is 21.5 Å². The highest BCUT2D eigenvalue weighted by molar-refractivity contribution is 6.00. The van der Waals surface area contributed by atoms with Crippen LogP contribution in [0.25, 0.3) is 11.2 Å². The summed E-state index contributed by atoms with van der Waals surface area (Å²) in [4.78, 5) is 55.7. The van der Waals surface area contributed by atoms with Crippen molar-refractivity contribution in [2.24, 2.45) is 11.7 Å². The first-order valence-corrected chi connectivity index (χ1v) is 9.41. The van der Waals surface area contributed by atoms with E-state index in [9.17, 15) is 19.2 Å². The minimum atomic E-state index is -1.06. The molecule has 4 N–H and O–H groups in total. The molecule has 1 aliphatic rings. The highest BCUT2D eigenvalue weighted by Gasteiger charge is 2.31. The van der Waals surface area contributed by atoms with Gasteiger partial charge in [-0.2, -0.15) is 0 Å². The lowest BCUT2D eigenvalue weighted by Gasteiger charge is -2.19. The summed E-state index contributed by atoms with van der Waals surface area (Å²) in [6, 6.07) is 5.61. The number of oxazole rings is 1. The molecule has 1 aliphatic heterocycles. The number of primary amides is 1. The first-order valence-electron chi connectivity index (χ1n) is 9.41. The number of aromatic amines is 1. The van der Waals surface area contributed by atoms with Crippen LogP contribution in [0.4, 0.5) is 4.79 Å². The Labute approximate surface area is 180 Å². The van der Waals surface area contributed by atoms with Gasteiger partial charge in [-0.1, -0.05) is 17.9 Å². The topological polar surface area (TPSA) is 161 Å². The fraction of sp³-hybridized carbons (Fsp3) is 0.190. The van der Waals surface area contributed by atoms with Gasteiger partial charge >= 0.3 is 11.8 Å². The Morgan fingerprint density at radius 3 is 2.94 bits per heavy atom. The smallest absolute Gasteiger partial charge is 0.418 e. The number of nitrogens with zero attached hydrogens (tertiary/aromatic N) is 2. The molecular weight excluding hydrogens is 418 g/mol. The summed E-state index contributed by atoms with van der Waals surface area (Å²) in [5.74, 6) is 3.33. The highest BCUT2D eigenvalue weighted by Crippen LogP contribution is 2.27. The zero-order chi connectivity index (χ0) is 22.8. The fourth-order valence-electron chi connectivity index (χ4n) is 3.31. The molecule has 2 aromatic heterocycles. The lowest BCUT2D eigenvalue weighted by atomic mass is 10.1. The number of benzene rings is 1. The van der Waals surface area contributed by atoms with Gasteiger partial charge < -0.3 is 19.8 Å². The molecule has 11 heteroatoms. The third-order valence-electron chi connectivity index (χ3n) is 4.83. The maximum absolute atomic E-state index is 12.8. The van der Waals surface area contributed by atoms with Gasteiger partial charge in [0, 0.05) is 36.5 Å². The number of urea groups is 1. The molecule has 162 valence electrons. The number of nitrogens with two attached hydrogens (primary N) is 1. The molecule has 0 fully saturated rings. The Balaban J connectivity index is 1.59. The van der Waals surface area contributed by atoms with Gasteiger partial charge in [0.05, 0.1) is 7.11 Å². The lowest BCUT2D eigenvalue weighted by molar-refractivity contribution is -0.122. The Hall–Kier alpha value is -4.59. The van der Waals surface area contributed by atoms with Gasteiger partial charge in [-0.05, 0) is 17.7 Å². The summed E-state index contributed by atoms with van der Waals surface area (Å²) in [5.41, 5.74) is 7.18. The largest absolute Gasteiger partial charge is 0.497 e. The minimum Gasteiger partial charge on any atom is -0.497 e. The zero-order valence-electron chi connectivity index (χ0n) is 16.8. The van der Waals surface area contributed by atoms with Crippen molar-refractivity contribution in [2.45, 2.75) is 6.54 Å². The Kier molecular flexibility index (Phi) is 5.34. The third-order valence-corrected chi connectivity index (χ3v) is 4.83. The first-order chi connectivity index (χ1) is 15.3. The van der Waals surface area contributed by atoms with Crippen molar-refractivity contribution < 1.29 is 23.5 Å². The highest BCUT2D eigenvalue weighted by atomic mass is 16.5. The molecule has 0 aliphatic carbocycles. The van der Waals surface area contributed by atoms with Gasteiger partial charge in [-0.25, -0.2) is 14.6 Å². The molecule has 1 atom stereocenters. The minimum absolute atomic E-state index is 0.0726. The molecule has 11 nitrogen and oxygen atoms in total. The standard InChI is InChI=1S/C21H17N5O6/c1-31-14-5-4-12-9-26(19(28)15(12)7-14)10-13(18(27)25-20(22)29)3-2-11-6-16-17(23-8-11)24-21(30)32-16/h4-8,13H,9-10H2,1H3,(H,23,24,30)(H3,22,25,27,29). The quantitative estimate of drug-likeness (QED) is 0.498. The van der Waals surface area contributed by atoms with Crippen molar-refractivity contribution in [1.29, 1.82) is 0 Å². The van der Waals surface area contributed by atoms with Gasteiger partial charge in [0.2, 0.25) is 5.91 Å². The van der Waals surface area contributed by atoms with Gasteiger partial charge in [-0.3, -0.25) is 19.9 Å². The van der Waals surface area contributed by atoms with E-state index >= 15 is 0 Å². The predicted octanol–water partition coefficient (Wildman–Crippen LogP) is 0.343. The second kappa shape index (κ2) is 8.27. The van der Waals surface area contributed by atoms with E-state index in [1.54, 1.807) is 18.2 Å². The van der Waals surface area contributed by atoms with Crippen LogP contribution in [0.5, 0.6) is 5.75 Å². The van der Waals surface area contributed by atoms with Crippen LogP contribution in [0.15, 0.2) is 39.7 Å². The van der Waals surface area contributed by atoms with Gasteiger partial charge in [-0.15, -0.1) is 0 Å². The average Bonchev–Trinajstić information content (AvgIpc) is 3.28. The van der Waals surface area contributed by atoms with E-state index < -0.39 is 23.6 Å². The van der Waals surface area contributed by atoms with E-state index in [0.29, 0.717) is 16.9 Å². The van der Waals surface area contributed by atoms with Crippen LogP contribution in [-0.2, 0) is 11.3 Å². The van der Waals surface area contributed by atoms with Crippen molar-refractivity contribution in [3.8, 4) is 17.6 Å². The Morgan fingerprint density at radius 1 is 1.38 bits per heavy atom. The molecule has 3 aromatic rings. The number of methoxy groups -OCH3 is 1. The number of aromatic nitrogens is 2. The number of fused-ring (bicyclic) bond motifs is 2. The van der Waals surface area contributed by atoms with E-state index in [-0.39, 0.29) is 30.2 Å². The molecule has 0 saturated heterocycles. The van der Waals surface area contributed by atoms with Crippen LogP contribution in [-0.4, -0.2) is 46.4 Å². The Bertz CT molecular complexity index is 1360. The SMILES string of the molecule is COc1ccc2c(c1)C(=O)N(CC(C#Cc1cnc3[nH]c(=O)oc3c1)C(=O)NC(N)=O)C2. The van der Waals surface area contributed by atoms with Crippen LogP contribution >= 0.6 is 0 Å².